The molecule has 4 nitrogen and oxygen atoms in total. The fraction of sp³-hybridized carbons (Fsp3) is 0.300. The molecule has 0 fully saturated rings. The van der Waals surface area contributed by atoms with Crippen LogP contribution in [0.25, 0.3) is 0 Å². The van der Waals surface area contributed by atoms with Crippen LogP contribution in [0.1, 0.15) is 17.5 Å². The van der Waals surface area contributed by atoms with Gasteiger partial charge in [0.15, 0.2) is 0 Å². The fourth-order valence-electron chi connectivity index (χ4n) is 1.39. The van der Waals surface area contributed by atoms with E-state index in [1.165, 1.54) is 11.3 Å². The number of hydrogen-bond acceptors (Lipinski definition) is 4. The third kappa shape index (κ3) is 1.53. The van der Waals surface area contributed by atoms with Crippen LogP contribution in [0.15, 0.2) is 24.0 Å². The Hall–Kier alpha value is -1.67. The Morgan fingerprint density at radius 1 is 1.60 bits per heavy atom. The summed E-state index contributed by atoms with van der Waals surface area (Å²) in [7, 11) is 1.84. The van der Waals surface area contributed by atoms with Crippen molar-refractivity contribution in [1.82, 2.24) is 14.8 Å². The van der Waals surface area contributed by atoms with Gasteiger partial charge in [0.25, 0.3) is 0 Å². The van der Waals surface area contributed by atoms with E-state index in [-0.39, 0.29) is 0 Å². The van der Waals surface area contributed by atoms with Gasteiger partial charge in [-0.25, -0.2) is 4.98 Å². The lowest BCUT2D eigenvalue weighted by Crippen LogP contribution is -2.20. The maximum atomic E-state index is 9.30. The summed E-state index contributed by atoms with van der Waals surface area (Å²) in [5.74, 6) is 0. The van der Waals surface area contributed by atoms with Crippen molar-refractivity contribution in [1.29, 1.82) is 5.26 Å². The van der Waals surface area contributed by atoms with Crippen LogP contribution >= 0.6 is 11.3 Å². The molecule has 0 amide bonds. The average Bonchev–Trinajstić information content (AvgIpc) is 2.87. The van der Waals surface area contributed by atoms with Crippen molar-refractivity contribution in [3.8, 4) is 6.07 Å². The molecule has 2 rings (SSSR count). The van der Waals surface area contributed by atoms with Crippen LogP contribution in [0.5, 0.6) is 0 Å². The van der Waals surface area contributed by atoms with E-state index in [2.05, 4.69) is 16.2 Å². The summed E-state index contributed by atoms with van der Waals surface area (Å²) < 4.78 is 1.69. The molecule has 2 aromatic heterocycles. The van der Waals surface area contributed by atoms with Gasteiger partial charge in [-0.1, -0.05) is 0 Å². The van der Waals surface area contributed by atoms with Gasteiger partial charge in [0.2, 0.25) is 0 Å². The first-order chi connectivity index (χ1) is 7.16. The summed E-state index contributed by atoms with van der Waals surface area (Å²) in [6, 6.07) is 2.31. The van der Waals surface area contributed by atoms with Gasteiger partial charge >= 0.3 is 0 Å². The molecule has 0 aliphatic heterocycles. The van der Waals surface area contributed by atoms with Crippen LogP contribution in [0.3, 0.4) is 0 Å². The second-order valence-electron chi connectivity index (χ2n) is 3.48. The van der Waals surface area contributed by atoms with Gasteiger partial charge in [-0.2, -0.15) is 10.4 Å². The van der Waals surface area contributed by atoms with Crippen LogP contribution in [0.4, 0.5) is 0 Å². The Labute approximate surface area is 91.8 Å². The van der Waals surface area contributed by atoms with E-state index in [1.807, 2.05) is 25.5 Å². The molecular weight excluding hydrogens is 208 g/mol. The second-order valence-corrected chi connectivity index (χ2v) is 4.37. The maximum Gasteiger partial charge on any atom is 0.134 e. The van der Waals surface area contributed by atoms with Gasteiger partial charge < -0.3 is 0 Å². The van der Waals surface area contributed by atoms with Gasteiger partial charge in [-0.3, -0.25) is 4.68 Å². The lowest BCUT2D eigenvalue weighted by Gasteiger charge is -2.16. The molecule has 0 saturated heterocycles. The highest BCUT2D eigenvalue weighted by Gasteiger charge is 2.32. The van der Waals surface area contributed by atoms with Crippen molar-refractivity contribution in [2.24, 2.45) is 7.05 Å². The average molecular weight is 218 g/mol. The predicted molar refractivity (Wildman–Crippen MR) is 57.4 cm³/mol. The largest absolute Gasteiger partial charge is 0.275 e. The summed E-state index contributed by atoms with van der Waals surface area (Å²) in [6.45, 7) is 1.86. The van der Waals surface area contributed by atoms with E-state index >= 15 is 0 Å². The number of nitrogens with zero attached hydrogens (tertiary/aromatic N) is 4. The van der Waals surface area contributed by atoms with Gasteiger partial charge in [0.1, 0.15) is 10.4 Å². The number of rotatable bonds is 2. The zero-order valence-corrected chi connectivity index (χ0v) is 9.32. The maximum absolute atomic E-state index is 9.30. The topological polar surface area (TPSA) is 54.5 Å². The lowest BCUT2D eigenvalue weighted by atomic mass is 9.87. The number of thiazole rings is 1. The van der Waals surface area contributed by atoms with Gasteiger partial charge in [-0.15, -0.1) is 11.3 Å². The minimum absolute atomic E-state index is 0.692. The molecule has 0 spiro atoms. The molecule has 2 heterocycles. The Balaban J connectivity index is 2.52. The number of aromatic nitrogens is 3. The highest BCUT2D eigenvalue weighted by molar-refractivity contribution is 7.09. The first-order valence-electron chi connectivity index (χ1n) is 4.47. The van der Waals surface area contributed by atoms with Crippen LogP contribution in [0.2, 0.25) is 0 Å². The molecule has 76 valence electrons. The number of aryl methyl sites for hydroxylation is 1. The minimum atomic E-state index is -0.692. The van der Waals surface area contributed by atoms with Crippen molar-refractivity contribution in [3.05, 3.63) is 34.5 Å². The highest BCUT2D eigenvalue weighted by Crippen LogP contribution is 2.31. The fourth-order valence-corrected chi connectivity index (χ4v) is 2.16. The predicted octanol–water partition coefficient (Wildman–Crippen LogP) is 1.71. The van der Waals surface area contributed by atoms with Crippen molar-refractivity contribution >= 4 is 11.3 Å². The molecule has 1 atom stereocenters. The molecule has 0 aliphatic rings. The number of hydrogen-bond donors (Lipinski definition) is 0. The van der Waals surface area contributed by atoms with Crippen molar-refractivity contribution < 1.29 is 0 Å². The Morgan fingerprint density at radius 3 is 2.87 bits per heavy atom. The van der Waals surface area contributed by atoms with E-state index in [0.29, 0.717) is 0 Å². The summed E-state index contributed by atoms with van der Waals surface area (Å²) >= 11 is 1.49. The summed E-state index contributed by atoms with van der Waals surface area (Å²) in [5, 5.41) is 16.1. The first-order valence-corrected chi connectivity index (χ1v) is 5.35. The quantitative estimate of drug-likeness (QED) is 0.771. The van der Waals surface area contributed by atoms with Crippen molar-refractivity contribution in [3.63, 3.8) is 0 Å². The third-order valence-electron chi connectivity index (χ3n) is 2.37. The lowest BCUT2D eigenvalue weighted by molar-refractivity contribution is 0.725. The molecule has 15 heavy (non-hydrogen) atoms. The molecule has 5 heteroatoms. The Bertz CT molecular complexity index is 494. The second kappa shape index (κ2) is 3.48. The smallest absolute Gasteiger partial charge is 0.134 e. The van der Waals surface area contributed by atoms with E-state index in [9.17, 15) is 5.26 Å². The van der Waals surface area contributed by atoms with Gasteiger partial charge in [-0.05, 0) is 6.92 Å². The van der Waals surface area contributed by atoms with Crippen LogP contribution in [0, 0.1) is 11.3 Å². The Morgan fingerprint density at radius 2 is 2.40 bits per heavy atom. The monoisotopic (exact) mass is 218 g/mol. The van der Waals surface area contributed by atoms with E-state index in [4.69, 9.17) is 0 Å². The molecule has 1 unspecified atom stereocenters. The van der Waals surface area contributed by atoms with Gasteiger partial charge in [0.05, 0.1) is 12.3 Å². The Kier molecular flexibility index (Phi) is 2.29. The third-order valence-corrected chi connectivity index (χ3v) is 3.36. The molecule has 0 saturated carbocycles. The normalized spacial score (nSPS) is 14.5. The SMILES string of the molecule is Cn1cc(C(C)(C#N)c2nccs2)cn1. The molecule has 0 aromatic carbocycles. The number of nitriles is 1. The van der Waals surface area contributed by atoms with Crippen LogP contribution in [-0.2, 0) is 12.5 Å². The van der Waals surface area contributed by atoms with Crippen LogP contribution < -0.4 is 0 Å². The summed E-state index contributed by atoms with van der Waals surface area (Å²) in [4.78, 5) is 4.20. The standard InChI is InChI=1S/C10H10N4S/c1-10(7-11,9-12-3-4-15-9)8-5-13-14(2)6-8/h3-6H,1-2H3. The first kappa shape index (κ1) is 9.87. The van der Waals surface area contributed by atoms with Gasteiger partial charge in [0, 0.05) is 30.4 Å². The van der Waals surface area contributed by atoms with Crippen molar-refractivity contribution in [2.75, 3.05) is 0 Å². The minimum Gasteiger partial charge on any atom is -0.275 e. The van der Waals surface area contributed by atoms with Crippen molar-refractivity contribution in [2.45, 2.75) is 12.3 Å². The van der Waals surface area contributed by atoms with E-state index in [1.54, 1.807) is 17.1 Å². The zero-order chi connectivity index (χ0) is 10.9. The van der Waals surface area contributed by atoms with E-state index < -0.39 is 5.41 Å². The zero-order valence-electron chi connectivity index (χ0n) is 8.51. The molecular formula is C10H10N4S. The highest BCUT2D eigenvalue weighted by atomic mass is 32.1. The molecule has 0 aliphatic carbocycles. The summed E-state index contributed by atoms with van der Waals surface area (Å²) in [5.41, 5.74) is 0.185. The van der Waals surface area contributed by atoms with Crippen LogP contribution in [-0.4, -0.2) is 14.8 Å². The molecule has 0 N–H and O–H groups in total. The summed E-state index contributed by atoms with van der Waals surface area (Å²) in [6.07, 6.45) is 5.28. The molecule has 2 aromatic rings. The van der Waals surface area contributed by atoms with E-state index in [0.717, 1.165) is 10.6 Å². The molecule has 0 radical (unpaired) electrons. The molecule has 0 bridgehead atoms.